The molecule has 2 aliphatic carbocycles. The van der Waals surface area contributed by atoms with Gasteiger partial charge in [0, 0.05) is 6.54 Å². The number of benzene rings is 1. The van der Waals surface area contributed by atoms with Crippen LogP contribution in [-0.2, 0) is 13.0 Å². The summed E-state index contributed by atoms with van der Waals surface area (Å²) in [5.41, 5.74) is 10.9. The van der Waals surface area contributed by atoms with Crippen molar-refractivity contribution >= 4 is 15.9 Å². The molecule has 1 heterocycles. The number of aromatic nitrogens is 2. The maximum Gasteiger partial charge on any atom is 0.0696 e. The van der Waals surface area contributed by atoms with Crippen LogP contribution < -0.4 is 5.73 Å². The summed E-state index contributed by atoms with van der Waals surface area (Å²) >= 11 is 3.62. The second kappa shape index (κ2) is 4.96. The molecule has 2 aliphatic rings. The lowest BCUT2D eigenvalue weighted by atomic mass is 9.92. The minimum atomic E-state index is 0.0722. The fourth-order valence-corrected chi connectivity index (χ4v) is 4.81. The standard InChI is InChI=1S/C17H20BrN3/c1-2-21-17(13(18)9-20-21)16(19)15-12-8-7-10-5-3-4-6-11(10)14(12)15/h3-6,9,12,14-16H,2,7-8,19H2,1H3. The lowest BCUT2D eigenvalue weighted by molar-refractivity contribution is 0.500. The summed E-state index contributed by atoms with van der Waals surface area (Å²) in [7, 11) is 0. The van der Waals surface area contributed by atoms with Crippen LogP contribution in [0.4, 0.5) is 0 Å². The third-order valence-electron chi connectivity index (χ3n) is 5.25. The molecule has 0 spiro atoms. The number of aryl methyl sites for hydroxylation is 2. The molecule has 0 aliphatic heterocycles. The van der Waals surface area contributed by atoms with Crippen LogP contribution >= 0.6 is 15.9 Å². The van der Waals surface area contributed by atoms with E-state index in [1.807, 2.05) is 10.9 Å². The van der Waals surface area contributed by atoms with Gasteiger partial charge in [0.05, 0.1) is 22.4 Å². The van der Waals surface area contributed by atoms with Crippen molar-refractivity contribution in [1.29, 1.82) is 0 Å². The molecule has 3 nitrogen and oxygen atoms in total. The Kier molecular flexibility index (Phi) is 3.19. The van der Waals surface area contributed by atoms with Crippen LogP contribution in [0.2, 0.25) is 0 Å². The predicted octanol–water partition coefficient (Wildman–Crippen LogP) is 3.64. The van der Waals surface area contributed by atoms with Gasteiger partial charge in [0.15, 0.2) is 0 Å². The van der Waals surface area contributed by atoms with Gasteiger partial charge in [-0.25, -0.2) is 0 Å². The monoisotopic (exact) mass is 345 g/mol. The zero-order valence-corrected chi connectivity index (χ0v) is 13.8. The lowest BCUT2D eigenvalue weighted by Crippen LogP contribution is -2.19. The fraction of sp³-hybridized carbons (Fsp3) is 0.471. The van der Waals surface area contributed by atoms with Gasteiger partial charge in [-0.1, -0.05) is 24.3 Å². The Balaban J connectivity index is 1.66. The van der Waals surface area contributed by atoms with E-state index in [0.717, 1.165) is 22.6 Å². The summed E-state index contributed by atoms with van der Waals surface area (Å²) in [6.45, 7) is 2.98. The van der Waals surface area contributed by atoms with E-state index in [1.54, 1.807) is 0 Å². The van der Waals surface area contributed by atoms with Crippen LogP contribution in [0.5, 0.6) is 0 Å². The van der Waals surface area contributed by atoms with E-state index in [-0.39, 0.29) is 6.04 Å². The predicted molar refractivity (Wildman–Crippen MR) is 87.0 cm³/mol. The molecule has 1 saturated carbocycles. The van der Waals surface area contributed by atoms with Crippen LogP contribution in [-0.4, -0.2) is 9.78 Å². The first-order valence-corrected chi connectivity index (χ1v) is 8.56. The molecule has 0 amide bonds. The summed E-state index contributed by atoms with van der Waals surface area (Å²) in [6.07, 6.45) is 4.35. The average Bonchev–Trinajstić information content (AvgIpc) is 3.14. The average molecular weight is 346 g/mol. The molecule has 1 fully saturated rings. The maximum absolute atomic E-state index is 6.65. The zero-order valence-electron chi connectivity index (χ0n) is 12.2. The van der Waals surface area contributed by atoms with Crippen molar-refractivity contribution in [3.05, 3.63) is 51.8 Å². The quantitative estimate of drug-likeness (QED) is 0.922. The molecule has 2 N–H and O–H groups in total. The highest BCUT2D eigenvalue weighted by Gasteiger charge is 2.56. The minimum Gasteiger partial charge on any atom is -0.322 e. The number of nitrogens with two attached hydrogens (primary N) is 1. The van der Waals surface area contributed by atoms with Crippen molar-refractivity contribution in [1.82, 2.24) is 9.78 Å². The normalized spacial score (nSPS) is 27.9. The van der Waals surface area contributed by atoms with Crippen LogP contribution in [0.15, 0.2) is 34.9 Å². The fourth-order valence-electron chi connectivity index (χ4n) is 4.25. The first-order valence-electron chi connectivity index (χ1n) is 7.77. The van der Waals surface area contributed by atoms with E-state index in [9.17, 15) is 0 Å². The van der Waals surface area contributed by atoms with Gasteiger partial charge in [-0.05, 0) is 64.6 Å². The van der Waals surface area contributed by atoms with Crippen molar-refractivity contribution in [2.75, 3.05) is 0 Å². The molecule has 21 heavy (non-hydrogen) atoms. The molecule has 0 radical (unpaired) electrons. The van der Waals surface area contributed by atoms with Gasteiger partial charge in [0.25, 0.3) is 0 Å². The molecule has 4 atom stereocenters. The first-order chi connectivity index (χ1) is 10.2. The maximum atomic E-state index is 6.65. The molecule has 110 valence electrons. The first kappa shape index (κ1) is 13.5. The van der Waals surface area contributed by atoms with Crippen molar-refractivity contribution in [2.24, 2.45) is 17.6 Å². The van der Waals surface area contributed by atoms with Crippen molar-refractivity contribution in [3.8, 4) is 0 Å². The molecule has 0 saturated heterocycles. The topological polar surface area (TPSA) is 43.8 Å². The van der Waals surface area contributed by atoms with Gasteiger partial charge in [0.2, 0.25) is 0 Å². The minimum absolute atomic E-state index is 0.0722. The molecule has 2 aromatic rings. The number of halogens is 1. The highest BCUT2D eigenvalue weighted by molar-refractivity contribution is 9.10. The van der Waals surface area contributed by atoms with E-state index in [2.05, 4.69) is 52.2 Å². The zero-order chi connectivity index (χ0) is 14.6. The van der Waals surface area contributed by atoms with E-state index in [0.29, 0.717) is 11.8 Å². The van der Waals surface area contributed by atoms with E-state index in [4.69, 9.17) is 5.73 Å². The third-order valence-corrected chi connectivity index (χ3v) is 5.86. The summed E-state index contributed by atoms with van der Waals surface area (Å²) < 4.78 is 3.08. The van der Waals surface area contributed by atoms with Crippen molar-refractivity contribution < 1.29 is 0 Å². The van der Waals surface area contributed by atoms with Gasteiger partial charge in [-0.15, -0.1) is 0 Å². The Morgan fingerprint density at radius 3 is 3.05 bits per heavy atom. The smallest absolute Gasteiger partial charge is 0.0696 e. The second-order valence-corrected chi connectivity index (χ2v) is 7.08. The number of rotatable bonds is 3. The van der Waals surface area contributed by atoms with Crippen LogP contribution in [0.25, 0.3) is 0 Å². The lowest BCUT2D eigenvalue weighted by Gasteiger charge is -2.15. The largest absolute Gasteiger partial charge is 0.322 e. The SMILES string of the molecule is CCn1ncc(Br)c1C(N)C1C2CCc3ccccc3C21. The third kappa shape index (κ3) is 2.00. The van der Waals surface area contributed by atoms with Crippen molar-refractivity contribution in [2.45, 2.75) is 38.3 Å². The van der Waals surface area contributed by atoms with E-state index < -0.39 is 0 Å². The van der Waals surface area contributed by atoms with Crippen LogP contribution in [0, 0.1) is 11.8 Å². The summed E-state index contributed by atoms with van der Waals surface area (Å²) in [4.78, 5) is 0. The Labute approximate surface area is 133 Å². The molecular weight excluding hydrogens is 326 g/mol. The molecule has 1 aromatic carbocycles. The van der Waals surface area contributed by atoms with Crippen molar-refractivity contribution in [3.63, 3.8) is 0 Å². The number of hydrogen-bond donors (Lipinski definition) is 1. The molecule has 1 aromatic heterocycles. The van der Waals surface area contributed by atoms with Crippen LogP contribution in [0.3, 0.4) is 0 Å². The molecule has 4 heteroatoms. The van der Waals surface area contributed by atoms with E-state index in [1.165, 1.54) is 24.0 Å². The summed E-state index contributed by atoms with van der Waals surface area (Å²) in [6, 6.07) is 8.96. The van der Waals surface area contributed by atoms with Crippen LogP contribution in [0.1, 0.15) is 42.1 Å². The van der Waals surface area contributed by atoms with Gasteiger partial charge < -0.3 is 5.73 Å². The van der Waals surface area contributed by atoms with Gasteiger partial charge in [0.1, 0.15) is 0 Å². The Hall–Kier alpha value is -1.13. The van der Waals surface area contributed by atoms with E-state index >= 15 is 0 Å². The number of fused-ring (bicyclic) bond motifs is 3. The highest BCUT2D eigenvalue weighted by Crippen LogP contribution is 2.63. The van der Waals surface area contributed by atoms with Gasteiger partial charge in [-0.3, -0.25) is 4.68 Å². The Bertz CT molecular complexity index is 678. The summed E-state index contributed by atoms with van der Waals surface area (Å²) in [5.74, 6) is 1.96. The Morgan fingerprint density at radius 1 is 1.43 bits per heavy atom. The Morgan fingerprint density at radius 2 is 2.24 bits per heavy atom. The molecular formula is C17H20BrN3. The summed E-state index contributed by atoms with van der Waals surface area (Å²) in [5, 5.41) is 4.42. The van der Waals surface area contributed by atoms with Gasteiger partial charge >= 0.3 is 0 Å². The molecule has 4 unspecified atom stereocenters. The highest BCUT2D eigenvalue weighted by atomic mass is 79.9. The number of nitrogens with zero attached hydrogens (tertiary/aromatic N) is 2. The number of hydrogen-bond acceptors (Lipinski definition) is 2. The molecule has 4 rings (SSSR count). The van der Waals surface area contributed by atoms with Gasteiger partial charge in [-0.2, -0.15) is 5.10 Å². The molecule has 0 bridgehead atoms. The second-order valence-electron chi connectivity index (χ2n) is 6.22.